The van der Waals surface area contributed by atoms with Gasteiger partial charge in [0.05, 0.1) is 19.0 Å². The molecule has 106 valence electrons. The molecule has 19 heavy (non-hydrogen) atoms. The molecule has 2 heterocycles. The second-order valence-corrected chi connectivity index (χ2v) is 4.91. The molecule has 1 aromatic rings. The Morgan fingerprint density at radius 3 is 3.11 bits per heavy atom. The summed E-state index contributed by atoms with van der Waals surface area (Å²) in [6.07, 6.45) is 6.02. The van der Waals surface area contributed by atoms with Crippen LogP contribution in [0.5, 0.6) is 5.88 Å². The van der Waals surface area contributed by atoms with Crippen LogP contribution < -0.4 is 15.0 Å². The topological polar surface area (TPSA) is 50.3 Å². The summed E-state index contributed by atoms with van der Waals surface area (Å²) in [5.74, 6) is 2.26. The van der Waals surface area contributed by atoms with E-state index in [1.54, 1.807) is 6.20 Å². The first-order valence-electron chi connectivity index (χ1n) is 7.24. The summed E-state index contributed by atoms with van der Waals surface area (Å²) in [6, 6.07) is 0. The van der Waals surface area contributed by atoms with Crippen molar-refractivity contribution in [3.05, 3.63) is 12.4 Å². The molecule has 1 N–H and O–H groups in total. The third kappa shape index (κ3) is 4.06. The SMILES string of the molecule is CCNCC1CCCN(c2cncc(OCC)n2)C1. The van der Waals surface area contributed by atoms with E-state index in [4.69, 9.17) is 4.74 Å². The summed E-state index contributed by atoms with van der Waals surface area (Å²) in [4.78, 5) is 11.1. The summed E-state index contributed by atoms with van der Waals surface area (Å²) < 4.78 is 5.42. The van der Waals surface area contributed by atoms with Crippen LogP contribution in [0.4, 0.5) is 5.82 Å². The molecule has 1 aliphatic rings. The van der Waals surface area contributed by atoms with Crippen molar-refractivity contribution in [1.82, 2.24) is 15.3 Å². The number of anilines is 1. The Hall–Kier alpha value is -1.36. The molecule has 0 saturated carbocycles. The third-order valence-electron chi connectivity index (χ3n) is 3.42. The second kappa shape index (κ2) is 7.28. The number of nitrogens with one attached hydrogen (secondary N) is 1. The van der Waals surface area contributed by atoms with E-state index < -0.39 is 0 Å². The van der Waals surface area contributed by atoms with E-state index in [0.717, 1.165) is 32.0 Å². The molecule has 1 aromatic heterocycles. The van der Waals surface area contributed by atoms with Crippen LogP contribution in [0.2, 0.25) is 0 Å². The van der Waals surface area contributed by atoms with Gasteiger partial charge in [-0.25, -0.2) is 0 Å². The minimum Gasteiger partial charge on any atom is -0.477 e. The van der Waals surface area contributed by atoms with Crippen LogP contribution in [-0.4, -0.2) is 42.8 Å². The summed E-state index contributed by atoms with van der Waals surface area (Å²) in [5.41, 5.74) is 0. The smallest absolute Gasteiger partial charge is 0.234 e. The Balaban J connectivity index is 1.98. The van der Waals surface area contributed by atoms with Gasteiger partial charge in [-0.15, -0.1) is 0 Å². The van der Waals surface area contributed by atoms with Crippen molar-refractivity contribution in [3.63, 3.8) is 0 Å². The predicted octanol–water partition coefficient (Wildman–Crippen LogP) is 1.70. The second-order valence-electron chi connectivity index (χ2n) is 4.91. The quantitative estimate of drug-likeness (QED) is 0.847. The normalized spacial score (nSPS) is 19.5. The van der Waals surface area contributed by atoms with Crippen molar-refractivity contribution in [2.75, 3.05) is 37.7 Å². The van der Waals surface area contributed by atoms with Gasteiger partial charge in [0.15, 0.2) is 5.82 Å². The van der Waals surface area contributed by atoms with Gasteiger partial charge in [-0.05, 0) is 38.8 Å². The van der Waals surface area contributed by atoms with E-state index in [-0.39, 0.29) is 0 Å². The fourth-order valence-corrected chi connectivity index (χ4v) is 2.50. The Kier molecular flexibility index (Phi) is 5.39. The van der Waals surface area contributed by atoms with Crippen molar-refractivity contribution in [2.24, 2.45) is 5.92 Å². The molecule has 0 amide bonds. The zero-order valence-electron chi connectivity index (χ0n) is 11.9. The first-order chi connectivity index (χ1) is 9.33. The monoisotopic (exact) mass is 264 g/mol. The van der Waals surface area contributed by atoms with Gasteiger partial charge >= 0.3 is 0 Å². The van der Waals surface area contributed by atoms with Gasteiger partial charge in [-0.3, -0.25) is 4.98 Å². The summed E-state index contributed by atoms with van der Waals surface area (Å²) in [7, 11) is 0. The van der Waals surface area contributed by atoms with Crippen LogP contribution in [-0.2, 0) is 0 Å². The molecular formula is C14H24N4O. The molecule has 1 atom stereocenters. The van der Waals surface area contributed by atoms with Crippen molar-refractivity contribution >= 4 is 5.82 Å². The zero-order chi connectivity index (χ0) is 13.5. The molecule has 2 rings (SSSR count). The lowest BCUT2D eigenvalue weighted by Crippen LogP contribution is -2.40. The maximum Gasteiger partial charge on any atom is 0.234 e. The van der Waals surface area contributed by atoms with Crippen molar-refractivity contribution in [1.29, 1.82) is 0 Å². The zero-order valence-corrected chi connectivity index (χ0v) is 11.9. The molecule has 1 aliphatic heterocycles. The number of ether oxygens (including phenoxy) is 1. The molecular weight excluding hydrogens is 240 g/mol. The van der Waals surface area contributed by atoms with Crippen molar-refractivity contribution in [2.45, 2.75) is 26.7 Å². The van der Waals surface area contributed by atoms with Crippen LogP contribution in [0, 0.1) is 5.92 Å². The highest BCUT2D eigenvalue weighted by Gasteiger charge is 2.21. The number of hydrogen-bond donors (Lipinski definition) is 1. The van der Waals surface area contributed by atoms with Crippen molar-refractivity contribution in [3.8, 4) is 5.88 Å². The standard InChI is InChI=1S/C14H24N4O/c1-3-15-8-12-6-5-7-18(11-12)13-9-16-10-14(17-13)19-4-2/h9-10,12,15H,3-8,11H2,1-2H3. The van der Waals surface area contributed by atoms with Crippen LogP contribution in [0.3, 0.4) is 0 Å². The minimum absolute atomic E-state index is 0.619. The summed E-state index contributed by atoms with van der Waals surface area (Å²) in [6.45, 7) is 8.98. The molecule has 0 aromatic carbocycles. The number of hydrogen-bond acceptors (Lipinski definition) is 5. The molecule has 1 saturated heterocycles. The molecule has 1 unspecified atom stereocenters. The summed E-state index contributed by atoms with van der Waals surface area (Å²) >= 11 is 0. The predicted molar refractivity (Wildman–Crippen MR) is 76.7 cm³/mol. The fourth-order valence-electron chi connectivity index (χ4n) is 2.50. The highest BCUT2D eigenvalue weighted by Crippen LogP contribution is 2.22. The molecule has 0 radical (unpaired) electrons. The summed E-state index contributed by atoms with van der Waals surface area (Å²) in [5, 5.41) is 3.43. The largest absolute Gasteiger partial charge is 0.477 e. The van der Waals surface area contributed by atoms with E-state index in [9.17, 15) is 0 Å². The third-order valence-corrected chi connectivity index (χ3v) is 3.42. The van der Waals surface area contributed by atoms with Crippen LogP contribution in [0.15, 0.2) is 12.4 Å². The molecule has 0 bridgehead atoms. The number of nitrogens with zero attached hydrogens (tertiary/aromatic N) is 3. The number of aromatic nitrogens is 2. The van der Waals surface area contributed by atoms with Gasteiger partial charge in [-0.2, -0.15) is 4.98 Å². The van der Waals surface area contributed by atoms with E-state index >= 15 is 0 Å². The Morgan fingerprint density at radius 1 is 1.42 bits per heavy atom. The van der Waals surface area contributed by atoms with E-state index in [1.807, 2.05) is 13.1 Å². The number of rotatable bonds is 6. The Morgan fingerprint density at radius 2 is 2.32 bits per heavy atom. The highest BCUT2D eigenvalue weighted by molar-refractivity contribution is 5.38. The average molecular weight is 264 g/mol. The van der Waals surface area contributed by atoms with Crippen LogP contribution in [0.25, 0.3) is 0 Å². The van der Waals surface area contributed by atoms with E-state index in [2.05, 4.69) is 27.1 Å². The molecule has 0 spiro atoms. The average Bonchev–Trinajstić information content (AvgIpc) is 2.46. The van der Waals surface area contributed by atoms with Gasteiger partial charge in [0.2, 0.25) is 5.88 Å². The molecule has 0 aliphatic carbocycles. The lowest BCUT2D eigenvalue weighted by molar-refractivity contribution is 0.324. The van der Waals surface area contributed by atoms with Crippen LogP contribution >= 0.6 is 0 Å². The fraction of sp³-hybridized carbons (Fsp3) is 0.714. The van der Waals surface area contributed by atoms with Gasteiger partial charge < -0.3 is 15.0 Å². The van der Waals surface area contributed by atoms with E-state index in [1.165, 1.54) is 12.8 Å². The van der Waals surface area contributed by atoms with Gasteiger partial charge in [0.1, 0.15) is 0 Å². The molecule has 5 nitrogen and oxygen atoms in total. The first-order valence-corrected chi connectivity index (χ1v) is 7.24. The van der Waals surface area contributed by atoms with E-state index in [0.29, 0.717) is 18.4 Å². The van der Waals surface area contributed by atoms with Gasteiger partial charge in [0.25, 0.3) is 0 Å². The minimum atomic E-state index is 0.619. The first kappa shape index (κ1) is 14.1. The lowest BCUT2D eigenvalue weighted by atomic mass is 9.98. The van der Waals surface area contributed by atoms with Gasteiger partial charge in [0, 0.05) is 13.1 Å². The van der Waals surface area contributed by atoms with Crippen LogP contribution in [0.1, 0.15) is 26.7 Å². The molecule has 1 fully saturated rings. The Labute approximate surface area is 115 Å². The van der Waals surface area contributed by atoms with Gasteiger partial charge in [-0.1, -0.05) is 6.92 Å². The maximum atomic E-state index is 5.42. The molecule has 5 heteroatoms. The highest BCUT2D eigenvalue weighted by atomic mass is 16.5. The van der Waals surface area contributed by atoms with Crippen molar-refractivity contribution < 1.29 is 4.74 Å². The maximum absolute atomic E-state index is 5.42. The number of piperidine rings is 1. The Bertz CT molecular complexity index is 385. The lowest BCUT2D eigenvalue weighted by Gasteiger charge is -2.33.